The Kier molecular flexibility index (Phi) is 9.13. The highest BCUT2D eigenvalue weighted by atomic mass is 32.2. The molecule has 0 saturated carbocycles. The zero-order valence-electron chi connectivity index (χ0n) is 34.8. The summed E-state index contributed by atoms with van der Waals surface area (Å²) in [5.41, 5.74) is 2.00. The van der Waals surface area contributed by atoms with Gasteiger partial charge in [0, 0.05) is 72.0 Å². The Bertz CT molecular complexity index is 3480. The first kappa shape index (κ1) is 40.5. The summed E-state index contributed by atoms with van der Waals surface area (Å²) in [5, 5.41) is 1.38. The van der Waals surface area contributed by atoms with Crippen molar-refractivity contribution in [2.75, 3.05) is 56.6 Å². The van der Waals surface area contributed by atoms with Crippen molar-refractivity contribution in [3.63, 3.8) is 0 Å². The third kappa shape index (κ3) is 6.06. The van der Waals surface area contributed by atoms with Gasteiger partial charge in [-0.1, -0.05) is 0 Å². The Morgan fingerprint density at radius 3 is 1.35 bits per heavy atom. The zero-order valence-corrected chi connectivity index (χ0v) is 37.4. The summed E-state index contributed by atoms with van der Waals surface area (Å²) < 4.78 is 98.7. The van der Waals surface area contributed by atoms with Crippen LogP contribution in [0.25, 0.3) is 21.5 Å². The van der Waals surface area contributed by atoms with Gasteiger partial charge in [0.05, 0.1) is 28.4 Å². The lowest BCUT2D eigenvalue weighted by Crippen LogP contribution is -2.66. The molecule has 4 aromatic carbocycles. The lowest BCUT2D eigenvalue weighted by atomic mass is 10.1. The molecule has 0 spiro atoms. The van der Waals surface area contributed by atoms with Crippen molar-refractivity contribution >= 4 is 86.0 Å². The molecule has 0 radical (unpaired) electrons. The largest absolute Gasteiger partial charge is 0.634 e. The zero-order chi connectivity index (χ0) is 44.3. The minimum atomic E-state index is -5.77. The van der Waals surface area contributed by atoms with Crippen LogP contribution in [0.4, 0.5) is 11.6 Å². The fourth-order valence-corrected chi connectivity index (χ4v) is 14.5. The van der Waals surface area contributed by atoms with Gasteiger partial charge >= 0.3 is 29.5 Å². The van der Waals surface area contributed by atoms with Crippen LogP contribution in [-0.4, -0.2) is 123 Å². The molecular formula is C40H36N10O10S2Si. The van der Waals surface area contributed by atoms with Gasteiger partial charge in [-0.3, -0.25) is 8.47 Å². The highest BCUT2D eigenvalue weighted by molar-refractivity contribution is 7.87. The van der Waals surface area contributed by atoms with Crippen molar-refractivity contribution < 1.29 is 43.5 Å². The minimum Gasteiger partial charge on any atom is -0.497 e. The van der Waals surface area contributed by atoms with Crippen LogP contribution in [0.15, 0.2) is 103 Å². The molecule has 63 heavy (non-hydrogen) atoms. The predicted molar refractivity (Wildman–Crippen MR) is 235 cm³/mol. The van der Waals surface area contributed by atoms with Crippen LogP contribution in [0.1, 0.15) is 22.3 Å². The number of methoxy groups -OCH3 is 4. The fourth-order valence-electron chi connectivity index (χ4n) is 7.65. The van der Waals surface area contributed by atoms with Gasteiger partial charge in [-0.15, -0.1) is 0 Å². The summed E-state index contributed by atoms with van der Waals surface area (Å²) in [6, 6.07) is 20.6. The monoisotopic (exact) mass is 908 g/mol. The Morgan fingerprint density at radius 1 is 0.444 bits per heavy atom. The van der Waals surface area contributed by atoms with Gasteiger partial charge in [0.2, 0.25) is 0 Å². The van der Waals surface area contributed by atoms with E-state index in [0.717, 1.165) is 8.61 Å². The second-order valence-corrected chi connectivity index (χ2v) is 21.3. The van der Waals surface area contributed by atoms with E-state index in [2.05, 4.69) is 0 Å². The van der Waals surface area contributed by atoms with Gasteiger partial charge in [0.25, 0.3) is 0 Å². The van der Waals surface area contributed by atoms with E-state index in [0.29, 0.717) is 66.8 Å². The van der Waals surface area contributed by atoms with E-state index in [1.54, 1.807) is 72.8 Å². The number of hydrogen-bond donors (Lipinski definition) is 0. The number of hydrogen-bond acceptors (Lipinski definition) is 16. The molecule has 0 fully saturated rings. The third-order valence-electron chi connectivity index (χ3n) is 10.8. The summed E-state index contributed by atoms with van der Waals surface area (Å²) in [5.74, 6) is 2.20. The number of fused-ring (bicyclic) bond motifs is 14. The number of nitrogens with zero attached hydrogens (tertiary/aromatic N) is 10. The molecular weight excluding hydrogens is 873 g/mol. The van der Waals surface area contributed by atoms with Gasteiger partial charge in [0.1, 0.15) is 45.6 Å². The number of amidine groups is 4. The molecule has 10 rings (SSSR count). The van der Waals surface area contributed by atoms with Crippen LogP contribution < -0.4 is 29.9 Å². The van der Waals surface area contributed by atoms with Crippen molar-refractivity contribution in [3.8, 4) is 23.0 Å². The van der Waals surface area contributed by atoms with Crippen LogP contribution in [0.2, 0.25) is 0 Å². The first-order chi connectivity index (χ1) is 30.1. The van der Waals surface area contributed by atoms with E-state index in [-0.39, 0.29) is 46.0 Å². The molecule has 23 heteroatoms. The maximum absolute atomic E-state index is 14.7. The first-order valence-corrected chi connectivity index (χ1v) is 23.4. The summed E-state index contributed by atoms with van der Waals surface area (Å²) in [6.07, 6.45) is 0. The van der Waals surface area contributed by atoms with Crippen LogP contribution >= 0.6 is 0 Å². The molecule has 0 unspecified atom stereocenters. The predicted octanol–water partition coefficient (Wildman–Crippen LogP) is 3.05. The molecule has 0 atom stereocenters. The molecule has 2 aromatic heterocycles. The summed E-state index contributed by atoms with van der Waals surface area (Å²) in [4.78, 5) is 30.6. The highest BCUT2D eigenvalue weighted by Crippen LogP contribution is 2.46. The molecule has 4 aliphatic rings. The minimum absolute atomic E-state index is 0.0396. The quantitative estimate of drug-likeness (QED) is 0.183. The van der Waals surface area contributed by atoms with Gasteiger partial charge in [-0.25, -0.2) is 37.7 Å². The Labute approximate surface area is 360 Å². The van der Waals surface area contributed by atoms with E-state index in [1.807, 2.05) is 0 Å². The van der Waals surface area contributed by atoms with Crippen LogP contribution in [0.5, 0.6) is 23.0 Å². The van der Waals surface area contributed by atoms with Crippen molar-refractivity contribution in [2.45, 2.75) is 0 Å². The second-order valence-electron chi connectivity index (χ2n) is 14.8. The molecule has 6 bridgehead atoms. The fraction of sp³-hybridized carbons (Fsp3) is 0.200. The smallest absolute Gasteiger partial charge is 0.497 e. The molecule has 0 aliphatic carbocycles. The van der Waals surface area contributed by atoms with Crippen molar-refractivity contribution in [1.82, 2.24) is 17.1 Å². The normalized spacial score (nSPS) is 18.5. The second kappa shape index (κ2) is 14.2. The number of rotatable bonds is 10. The van der Waals surface area contributed by atoms with E-state index < -0.39 is 29.5 Å². The summed E-state index contributed by atoms with van der Waals surface area (Å²) in [7, 11) is -4.67. The van der Waals surface area contributed by atoms with Crippen molar-refractivity contribution in [1.29, 1.82) is 0 Å². The molecule has 4 aliphatic heterocycles. The van der Waals surface area contributed by atoms with Crippen LogP contribution in [0.3, 0.4) is 0 Å². The Balaban J connectivity index is 1.56. The Hall–Kier alpha value is -6.60. The Morgan fingerprint density at radius 2 is 0.841 bits per heavy atom. The molecule has 322 valence electrons. The van der Waals surface area contributed by atoms with Gasteiger partial charge < -0.3 is 18.9 Å². The average molecular weight is 909 g/mol. The summed E-state index contributed by atoms with van der Waals surface area (Å²) in [6.45, 7) is 0. The molecule has 0 saturated heterocycles. The lowest BCUT2D eigenvalue weighted by Gasteiger charge is -2.33. The number of ether oxygens (including phenoxy) is 4. The molecule has 6 heterocycles. The lowest BCUT2D eigenvalue weighted by molar-refractivity contribution is 0.309. The highest BCUT2D eigenvalue weighted by Gasteiger charge is 2.60. The van der Waals surface area contributed by atoms with Crippen molar-refractivity contribution in [3.05, 3.63) is 106 Å². The molecule has 20 nitrogen and oxygen atoms in total. The number of aliphatic imine (C=N–C) groups is 4. The first-order valence-electron chi connectivity index (χ1n) is 19.0. The van der Waals surface area contributed by atoms with Gasteiger partial charge in [-0.05, 0) is 72.8 Å². The SMILES string of the molecule is COc1ccc2c(c1)C1=NC/2=N\c2c3cc(OC)ccc3c3n2[Si](OS(=O)(=O)N(C)C)(OS(=O)(=O)N(C)C)n2/c(c4ccc(OC)cc4/c2=N/C2=NC(=N\3)/c3cc(OC)ccc32)=N\1. The number of aromatic nitrogens is 2. The molecule has 6 aromatic rings. The number of benzene rings is 4. The molecule has 0 N–H and O–H groups in total. The van der Waals surface area contributed by atoms with E-state index in [4.69, 9.17) is 56.6 Å². The topological polar surface area (TPSA) is 214 Å². The summed E-state index contributed by atoms with van der Waals surface area (Å²) >= 11 is 0. The van der Waals surface area contributed by atoms with E-state index in [9.17, 15) is 16.8 Å². The molecule has 0 amide bonds. The van der Waals surface area contributed by atoms with Gasteiger partial charge in [-0.2, -0.15) is 25.4 Å². The van der Waals surface area contributed by atoms with E-state index >= 15 is 0 Å². The van der Waals surface area contributed by atoms with Crippen LogP contribution in [-0.2, 0) is 28.4 Å². The van der Waals surface area contributed by atoms with Crippen LogP contribution in [0, 0.1) is 0 Å². The standard InChI is InChI=1S/C40H36N10O10S2Si/c1-47(2)61(51,52)59-63(60-62(53,54)48(3)4)49-37-27-15-11-23(57-7)19-31(27)40(49)44-34-26-14-10-22(56-6)18-30(26)36(42-34)46-38-28-16-12-24(58-8)20-32(28)39(50(38)63)43-33-25-13-9-21(55-5)17-29(25)35(41-33)45-37/h9-20H,1-8H3/b43-33-,43-39?,44-34?,44-40-,45-35?,45-37-,46-36-,46-38?. The van der Waals surface area contributed by atoms with Gasteiger partial charge in [0.15, 0.2) is 23.3 Å². The van der Waals surface area contributed by atoms with Crippen molar-refractivity contribution in [2.24, 2.45) is 30.0 Å². The van der Waals surface area contributed by atoms with E-state index in [1.165, 1.54) is 65.1 Å². The maximum Gasteiger partial charge on any atom is 0.634 e. The third-order valence-corrected chi connectivity index (χ3v) is 18.0. The average Bonchev–Trinajstić information content (AvgIpc) is 3.97. The maximum atomic E-state index is 14.7.